The van der Waals surface area contributed by atoms with Crippen LogP contribution in [0, 0.1) is 5.92 Å². The van der Waals surface area contributed by atoms with Crippen LogP contribution in [0.25, 0.3) is 0 Å². The lowest BCUT2D eigenvalue weighted by molar-refractivity contribution is -0.126. The van der Waals surface area contributed by atoms with Gasteiger partial charge in [0, 0.05) is 23.1 Å². The molecule has 3 unspecified atom stereocenters. The number of benzene rings is 2. The second-order valence-electron chi connectivity index (χ2n) is 7.25. The maximum Gasteiger partial charge on any atom is 0.253 e. The van der Waals surface area contributed by atoms with Crippen molar-refractivity contribution < 1.29 is 9.59 Å². The van der Waals surface area contributed by atoms with Crippen molar-refractivity contribution in [3.05, 3.63) is 63.1 Å². The smallest absolute Gasteiger partial charge is 0.253 e. The Morgan fingerprint density at radius 2 is 1.43 bits per heavy atom. The highest BCUT2D eigenvalue weighted by Crippen LogP contribution is 2.49. The number of nitrogens with zero attached hydrogens (tertiary/aromatic N) is 3. The topological polar surface area (TPSA) is 43.9 Å². The number of fused-ring (bicyclic) bond motifs is 3. The Kier molecular flexibility index (Phi) is 4.41. The minimum absolute atomic E-state index is 0.197. The molecule has 3 atom stereocenters. The summed E-state index contributed by atoms with van der Waals surface area (Å²) < 4.78 is 0. The van der Waals surface area contributed by atoms with E-state index in [-0.39, 0.29) is 22.9 Å². The average Bonchev–Trinajstić information content (AvgIpc) is 3.30. The molecule has 0 aromatic heterocycles. The van der Waals surface area contributed by atoms with Crippen molar-refractivity contribution in [2.45, 2.75) is 18.5 Å². The molecule has 3 saturated heterocycles. The van der Waals surface area contributed by atoms with Crippen molar-refractivity contribution in [3.8, 4) is 0 Å². The third-order valence-corrected chi connectivity index (χ3v) is 6.56. The van der Waals surface area contributed by atoms with Gasteiger partial charge in [0.2, 0.25) is 5.91 Å². The predicted molar refractivity (Wildman–Crippen MR) is 108 cm³/mol. The molecule has 0 bridgehead atoms. The van der Waals surface area contributed by atoms with Gasteiger partial charge in [-0.25, -0.2) is 14.9 Å². The van der Waals surface area contributed by atoms with Crippen molar-refractivity contribution in [3.63, 3.8) is 0 Å². The molecule has 28 heavy (non-hydrogen) atoms. The second-order valence-corrected chi connectivity index (χ2v) is 8.53. The Hall–Kier alpha value is -1.63. The van der Waals surface area contributed by atoms with Crippen LogP contribution in [-0.2, 0) is 9.59 Å². The van der Waals surface area contributed by atoms with Gasteiger partial charge in [-0.05, 0) is 42.3 Å². The molecule has 0 aliphatic carbocycles. The van der Waals surface area contributed by atoms with E-state index in [9.17, 15) is 9.59 Å². The third-order valence-electron chi connectivity index (χ3n) is 5.77. The monoisotopic (exact) mass is 435 g/mol. The Morgan fingerprint density at radius 3 is 2.11 bits per heavy atom. The SMILES string of the molecule is O=C1C2C(C(=O)N1c1ccc(Cl)cc1Cl)N1CCCN1C2c1ccc(Cl)cc1. The highest BCUT2D eigenvalue weighted by molar-refractivity contribution is 6.38. The fraction of sp³-hybridized carbons (Fsp3) is 0.300. The molecule has 0 saturated carbocycles. The van der Waals surface area contributed by atoms with Gasteiger partial charge in [0.25, 0.3) is 5.91 Å². The van der Waals surface area contributed by atoms with E-state index in [0.717, 1.165) is 25.1 Å². The Balaban J connectivity index is 1.59. The van der Waals surface area contributed by atoms with Gasteiger partial charge in [0.1, 0.15) is 6.04 Å². The Bertz CT molecular complexity index is 981. The van der Waals surface area contributed by atoms with E-state index in [1.807, 2.05) is 29.3 Å². The molecule has 2 amide bonds. The lowest BCUT2D eigenvalue weighted by Gasteiger charge is -2.30. The maximum atomic E-state index is 13.5. The van der Waals surface area contributed by atoms with E-state index in [2.05, 4.69) is 5.01 Å². The van der Waals surface area contributed by atoms with Crippen molar-refractivity contribution in [2.24, 2.45) is 5.92 Å². The summed E-state index contributed by atoms with van der Waals surface area (Å²) in [4.78, 5) is 28.0. The zero-order chi connectivity index (χ0) is 19.6. The van der Waals surface area contributed by atoms with Crippen LogP contribution in [0.2, 0.25) is 15.1 Å². The number of carbonyl (C=O) groups excluding carboxylic acids is 2. The standard InChI is InChI=1S/C20H16Cl3N3O2/c21-12-4-2-11(3-5-12)17-16-18(25-9-1-8-24(17)25)20(28)26(19(16)27)15-7-6-13(22)10-14(15)23/h2-7,10,16-18H,1,8-9H2. The van der Waals surface area contributed by atoms with Gasteiger partial charge in [-0.2, -0.15) is 0 Å². The second kappa shape index (κ2) is 6.71. The first-order valence-electron chi connectivity index (χ1n) is 9.09. The van der Waals surface area contributed by atoms with Crippen LogP contribution in [0.3, 0.4) is 0 Å². The van der Waals surface area contributed by atoms with Crippen molar-refractivity contribution in [1.82, 2.24) is 10.0 Å². The molecule has 0 spiro atoms. The number of hydrazine groups is 1. The molecule has 2 aromatic rings. The third kappa shape index (κ3) is 2.61. The van der Waals surface area contributed by atoms with Crippen LogP contribution in [0.5, 0.6) is 0 Å². The summed E-state index contributed by atoms with van der Waals surface area (Å²) in [5, 5.41) is 5.59. The number of imide groups is 1. The molecule has 0 N–H and O–H groups in total. The minimum Gasteiger partial charge on any atom is -0.274 e. The average molecular weight is 437 g/mol. The first kappa shape index (κ1) is 18.4. The van der Waals surface area contributed by atoms with Gasteiger partial charge < -0.3 is 0 Å². The summed E-state index contributed by atoms with van der Waals surface area (Å²) in [5.74, 6) is -0.947. The van der Waals surface area contributed by atoms with E-state index < -0.39 is 12.0 Å². The number of hydrogen-bond acceptors (Lipinski definition) is 4. The van der Waals surface area contributed by atoms with Crippen LogP contribution >= 0.6 is 34.8 Å². The lowest BCUT2D eigenvalue weighted by Crippen LogP contribution is -2.44. The first-order chi connectivity index (χ1) is 13.5. The molecule has 3 aliphatic rings. The minimum atomic E-state index is -0.512. The highest BCUT2D eigenvalue weighted by Gasteiger charge is 2.63. The number of amides is 2. The summed E-state index contributed by atoms with van der Waals surface area (Å²) in [6, 6.07) is 11.6. The van der Waals surface area contributed by atoms with Gasteiger partial charge in [0.05, 0.1) is 22.7 Å². The summed E-state index contributed by atoms with van der Waals surface area (Å²) in [5.41, 5.74) is 1.37. The molecule has 8 heteroatoms. The first-order valence-corrected chi connectivity index (χ1v) is 10.2. The lowest BCUT2D eigenvalue weighted by atomic mass is 9.90. The van der Waals surface area contributed by atoms with E-state index in [4.69, 9.17) is 34.8 Å². The van der Waals surface area contributed by atoms with Crippen LogP contribution < -0.4 is 4.90 Å². The fourth-order valence-corrected chi connectivity index (χ4v) is 5.29. The van der Waals surface area contributed by atoms with Gasteiger partial charge in [0.15, 0.2) is 0 Å². The van der Waals surface area contributed by atoms with Gasteiger partial charge in [-0.15, -0.1) is 0 Å². The Labute approximate surface area is 177 Å². The molecule has 0 radical (unpaired) electrons. The normalized spacial score (nSPS) is 27.5. The summed E-state index contributed by atoms with van der Waals surface area (Å²) in [6.45, 7) is 1.58. The number of anilines is 1. The van der Waals surface area contributed by atoms with Gasteiger partial charge in [-0.1, -0.05) is 46.9 Å². The van der Waals surface area contributed by atoms with E-state index >= 15 is 0 Å². The molecular formula is C20H16Cl3N3O2. The van der Waals surface area contributed by atoms with Crippen LogP contribution in [0.1, 0.15) is 18.0 Å². The molecule has 2 aromatic carbocycles. The Morgan fingerprint density at radius 1 is 0.786 bits per heavy atom. The molecule has 5 rings (SSSR count). The zero-order valence-corrected chi connectivity index (χ0v) is 17.0. The number of halogens is 3. The molecular weight excluding hydrogens is 421 g/mol. The summed E-state index contributed by atoms with van der Waals surface area (Å²) >= 11 is 18.3. The molecule has 144 valence electrons. The molecule has 5 nitrogen and oxygen atoms in total. The van der Waals surface area contributed by atoms with Crippen LogP contribution in [0.15, 0.2) is 42.5 Å². The largest absolute Gasteiger partial charge is 0.274 e. The van der Waals surface area contributed by atoms with E-state index in [1.165, 1.54) is 4.90 Å². The number of carbonyl (C=O) groups is 2. The molecule has 3 heterocycles. The van der Waals surface area contributed by atoms with Gasteiger partial charge >= 0.3 is 0 Å². The predicted octanol–water partition coefficient (Wildman–Crippen LogP) is 4.18. The molecule has 3 aliphatic heterocycles. The summed E-state index contributed by atoms with van der Waals surface area (Å²) in [7, 11) is 0. The van der Waals surface area contributed by atoms with E-state index in [0.29, 0.717) is 15.7 Å². The van der Waals surface area contributed by atoms with Crippen molar-refractivity contribution in [2.75, 3.05) is 18.0 Å². The van der Waals surface area contributed by atoms with E-state index in [1.54, 1.807) is 18.2 Å². The van der Waals surface area contributed by atoms with Crippen LogP contribution in [0.4, 0.5) is 5.69 Å². The number of hydrogen-bond donors (Lipinski definition) is 0. The maximum absolute atomic E-state index is 13.5. The zero-order valence-electron chi connectivity index (χ0n) is 14.7. The van der Waals surface area contributed by atoms with Gasteiger partial charge in [-0.3, -0.25) is 9.59 Å². The van der Waals surface area contributed by atoms with Crippen molar-refractivity contribution >= 4 is 52.3 Å². The highest BCUT2D eigenvalue weighted by atomic mass is 35.5. The number of rotatable bonds is 2. The summed E-state index contributed by atoms with van der Waals surface area (Å²) in [6.07, 6.45) is 0.955. The van der Waals surface area contributed by atoms with Crippen LogP contribution in [-0.4, -0.2) is 41.0 Å². The molecule has 3 fully saturated rings. The fourth-order valence-electron chi connectivity index (χ4n) is 4.67. The quantitative estimate of drug-likeness (QED) is 0.663. The van der Waals surface area contributed by atoms with Crippen molar-refractivity contribution in [1.29, 1.82) is 0 Å².